The number of nitrogens with one attached hydrogen (secondary N) is 1. The van der Waals surface area contributed by atoms with Gasteiger partial charge >= 0.3 is 0 Å². The molecule has 0 aliphatic carbocycles. The van der Waals surface area contributed by atoms with E-state index in [1.54, 1.807) is 0 Å². The zero-order valence-corrected chi connectivity index (χ0v) is 13.6. The lowest BCUT2D eigenvalue weighted by atomic mass is 10.0. The van der Waals surface area contributed by atoms with Gasteiger partial charge in [0, 0.05) is 19.2 Å². The summed E-state index contributed by atoms with van der Waals surface area (Å²) in [7, 11) is 0. The fourth-order valence-electron chi connectivity index (χ4n) is 2.51. The fraction of sp³-hybridized carbons (Fsp3) is 0.667. The SMILES string of the molecule is CC(C)CCOc1ccc(CNC(C)C2CCOC2)cc1. The maximum absolute atomic E-state index is 5.74. The highest BCUT2D eigenvalue weighted by Crippen LogP contribution is 2.17. The molecule has 1 aliphatic rings. The van der Waals surface area contributed by atoms with Crippen LogP contribution in [0.25, 0.3) is 0 Å². The molecule has 1 saturated heterocycles. The fourth-order valence-corrected chi connectivity index (χ4v) is 2.51. The summed E-state index contributed by atoms with van der Waals surface area (Å²) in [6.45, 7) is 10.2. The third-order valence-electron chi connectivity index (χ3n) is 4.19. The molecule has 1 N–H and O–H groups in total. The molecule has 118 valence electrons. The molecule has 1 aromatic rings. The second-order valence-electron chi connectivity index (χ2n) is 6.47. The van der Waals surface area contributed by atoms with Crippen molar-refractivity contribution >= 4 is 0 Å². The van der Waals surface area contributed by atoms with Gasteiger partial charge in [-0.2, -0.15) is 0 Å². The van der Waals surface area contributed by atoms with Crippen LogP contribution < -0.4 is 10.1 Å². The van der Waals surface area contributed by atoms with E-state index in [4.69, 9.17) is 9.47 Å². The molecule has 0 aromatic heterocycles. The second-order valence-corrected chi connectivity index (χ2v) is 6.47. The summed E-state index contributed by atoms with van der Waals surface area (Å²) < 4.78 is 11.2. The summed E-state index contributed by atoms with van der Waals surface area (Å²) in [4.78, 5) is 0. The Morgan fingerprint density at radius 1 is 1.24 bits per heavy atom. The highest BCUT2D eigenvalue weighted by atomic mass is 16.5. The van der Waals surface area contributed by atoms with Gasteiger partial charge < -0.3 is 14.8 Å². The number of hydrogen-bond donors (Lipinski definition) is 1. The van der Waals surface area contributed by atoms with Crippen LogP contribution in [0.2, 0.25) is 0 Å². The molecule has 21 heavy (non-hydrogen) atoms. The molecule has 1 heterocycles. The minimum Gasteiger partial charge on any atom is -0.494 e. The van der Waals surface area contributed by atoms with Crippen LogP contribution in [0.4, 0.5) is 0 Å². The molecule has 2 unspecified atom stereocenters. The second kappa shape index (κ2) is 8.40. The van der Waals surface area contributed by atoms with Crippen molar-refractivity contribution in [2.24, 2.45) is 11.8 Å². The number of benzene rings is 1. The average Bonchev–Trinajstić information content (AvgIpc) is 3.00. The topological polar surface area (TPSA) is 30.5 Å². The Kier molecular flexibility index (Phi) is 6.52. The lowest BCUT2D eigenvalue weighted by molar-refractivity contribution is 0.178. The van der Waals surface area contributed by atoms with Crippen LogP contribution >= 0.6 is 0 Å². The van der Waals surface area contributed by atoms with Gasteiger partial charge in [-0.3, -0.25) is 0 Å². The quantitative estimate of drug-likeness (QED) is 0.793. The van der Waals surface area contributed by atoms with Crippen LogP contribution in [-0.2, 0) is 11.3 Å². The van der Waals surface area contributed by atoms with Gasteiger partial charge in [0.2, 0.25) is 0 Å². The predicted molar refractivity (Wildman–Crippen MR) is 86.6 cm³/mol. The highest BCUT2D eigenvalue weighted by Gasteiger charge is 2.21. The molecule has 0 saturated carbocycles. The lowest BCUT2D eigenvalue weighted by Crippen LogP contribution is -2.33. The summed E-state index contributed by atoms with van der Waals surface area (Å²) >= 11 is 0. The van der Waals surface area contributed by atoms with Crippen LogP contribution in [0.1, 0.15) is 39.2 Å². The predicted octanol–water partition coefficient (Wildman–Crippen LogP) is 3.63. The lowest BCUT2D eigenvalue weighted by Gasteiger charge is -2.19. The maximum Gasteiger partial charge on any atom is 0.119 e. The standard InChI is InChI=1S/C18H29NO2/c1-14(2)8-11-21-18-6-4-16(5-7-18)12-19-15(3)17-9-10-20-13-17/h4-7,14-15,17,19H,8-13H2,1-3H3. The van der Waals surface area contributed by atoms with Crippen molar-refractivity contribution in [1.29, 1.82) is 0 Å². The first-order chi connectivity index (χ1) is 10.1. The van der Waals surface area contributed by atoms with Crippen LogP contribution in [0.3, 0.4) is 0 Å². The van der Waals surface area contributed by atoms with E-state index in [0.29, 0.717) is 17.9 Å². The monoisotopic (exact) mass is 291 g/mol. The van der Waals surface area contributed by atoms with Gasteiger partial charge in [0.1, 0.15) is 5.75 Å². The van der Waals surface area contributed by atoms with Crippen LogP contribution in [0.5, 0.6) is 5.75 Å². The summed E-state index contributed by atoms with van der Waals surface area (Å²) in [6, 6.07) is 8.95. The maximum atomic E-state index is 5.74. The molecule has 3 heteroatoms. The largest absolute Gasteiger partial charge is 0.494 e. The molecule has 1 aliphatic heterocycles. The van der Waals surface area contributed by atoms with Crippen molar-refractivity contribution in [3.05, 3.63) is 29.8 Å². The molecule has 2 rings (SSSR count). The van der Waals surface area contributed by atoms with E-state index in [0.717, 1.165) is 38.5 Å². The summed E-state index contributed by atoms with van der Waals surface area (Å²) in [5.74, 6) is 2.31. The summed E-state index contributed by atoms with van der Waals surface area (Å²) in [5.41, 5.74) is 1.30. The van der Waals surface area contributed by atoms with Crippen molar-refractivity contribution in [1.82, 2.24) is 5.32 Å². The van der Waals surface area contributed by atoms with E-state index in [9.17, 15) is 0 Å². The van der Waals surface area contributed by atoms with Gasteiger partial charge in [-0.05, 0) is 49.3 Å². The third-order valence-corrected chi connectivity index (χ3v) is 4.19. The first kappa shape index (κ1) is 16.3. The minimum atomic E-state index is 0.509. The minimum absolute atomic E-state index is 0.509. The van der Waals surface area contributed by atoms with Crippen molar-refractivity contribution in [3.63, 3.8) is 0 Å². The average molecular weight is 291 g/mol. The van der Waals surface area contributed by atoms with Gasteiger partial charge in [0.25, 0.3) is 0 Å². The molecule has 0 amide bonds. The normalized spacial score (nSPS) is 19.9. The Labute approximate surface area is 129 Å². The Balaban J connectivity index is 1.71. The Morgan fingerprint density at radius 2 is 2.00 bits per heavy atom. The Bertz CT molecular complexity index is 396. The zero-order chi connectivity index (χ0) is 15.1. The molecule has 0 spiro atoms. The molecule has 3 nitrogen and oxygen atoms in total. The van der Waals surface area contributed by atoms with Crippen LogP contribution in [0, 0.1) is 11.8 Å². The molecule has 2 atom stereocenters. The van der Waals surface area contributed by atoms with Gasteiger partial charge in [0.15, 0.2) is 0 Å². The number of ether oxygens (including phenoxy) is 2. The van der Waals surface area contributed by atoms with Gasteiger partial charge in [-0.15, -0.1) is 0 Å². The van der Waals surface area contributed by atoms with Crippen LogP contribution in [-0.4, -0.2) is 25.9 Å². The van der Waals surface area contributed by atoms with Gasteiger partial charge in [-0.1, -0.05) is 26.0 Å². The van der Waals surface area contributed by atoms with Crippen molar-refractivity contribution in [2.45, 2.75) is 46.2 Å². The molecule has 0 bridgehead atoms. The van der Waals surface area contributed by atoms with E-state index < -0.39 is 0 Å². The van der Waals surface area contributed by atoms with E-state index in [1.807, 2.05) is 0 Å². The molecular weight excluding hydrogens is 262 g/mol. The summed E-state index contributed by atoms with van der Waals surface area (Å²) in [5, 5.41) is 3.60. The first-order valence-corrected chi connectivity index (χ1v) is 8.18. The first-order valence-electron chi connectivity index (χ1n) is 8.18. The molecule has 1 aromatic carbocycles. The van der Waals surface area contributed by atoms with E-state index in [-0.39, 0.29) is 0 Å². The van der Waals surface area contributed by atoms with E-state index in [2.05, 4.69) is 50.4 Å². The highest BCUT2D eigenvalue weighted by molar-refractivity contribution is 5.27. The third kappa shape index (κ3) is 5.68. The van der Waals surface area contributed by atoms with Gasteiger partial charge in [0.05, 0.1) is 13.2 Å². The van der Waals surface area contributed by atoms with E-state index in [1.165, 1.54) is 12.0 Å². The zero-order valence-electron chi connectivity index (χ0n) is 13.6. The van der Waals surface area contributed by atoms with E-state index >= 15 is 0 Å². The van der Waals surface area contributed by atoms with Crippen molar-refractivity contribution in [3.8, 4) is 5.75 Å². The van der Waals surface area contributed by atoms with Crippen molar-refractivity contribution < 1.29 is 9.47 Å². The smallest absolute Gasteiger partial charge is 0.119 e. The van der Waals surface area contributed by atoms with Crippen LogP contribution in [0.15, 0.2) is 24.3 Å². The summed E-state index contributed by atoms with van der Waals surface area (Å²) in [6.07, 6.45) is 2.28. The molecular formula is C18H29NO2. The molecule has 1 fully saturated rings. The number of rotatable bonds is 8. The van der Waals surface area contributed by atoms with Crippen molar-refractivity contribution in [2.75, 3.05) is 19.8 Å². The number of hydrogen-bond acceptors (Lipinski definition) is 3. The Hall–Kier alpha value is -1.06. The van der Waals surface area contributed by atoms with Gasteiger partial charge in [-0.25, -0.2) is 0 Å². The molecule has 0 radical (unpaired) electrons. The Morgan fingerprint density at radius 3 is 2.62 bits per heavy atom.